The van der Waals surface area contributed by atoms with Gasteiger partial charge in [0.05, 0.1) is 29.7 Å². The fourth-order valence-corrected chi connectivity index (χ4v) is 3.76. The molecule has 3 unspecified atom stereocenters. The number of hydrogen-bond acceptors (Lipinski definition) is 8. The molecule has 0 heterocycles. The fourth-order valence-electron chi connectivity index (χ4n) is 3.76. The molecule has 0 fully saturated rings. The summed E-state index contributed by atoms with van der Waals surface area (Å²) in [6.07, 6.45) is -1.53. The van der Waals surface area contributed by atoms with Crippen molar-refractivity contribution < 1.29 is 29.2 Å². The van der Waals surface area contributed by atoms with Gasteiger partial charge in [-0.1, -0.05) is 63.2 Å². The lowest BCUT2D eigenvalue weighted by molar-refractivity contribution is -0.386. The number of benzene rings is 2. The summed E-state index contributed by atoms with van der Waals surface area (Å²) in [6.45, 7) is 6.79. The predicted octanol–water partition coefficient (Wildman–Crippen LogP) is 2.83. The summed E-state index contributed by atoms with van der Waals surface area (Å²) in [7, 11) is 1.33. The average Bonchev–Trinajstić information content (AvgIpc) is 2.86. The molecule has 0 bridgehead atoms. The molecule has 0 aliphatic carbocycles. The number of nitro groups is 1. The molecule has 0 aromatic heterocycles. The lowest BCUT2D eigenvalue weighted by atomic mass is 9.90. The van der Waals surface area contributed by atoms with E-state index < -0.39 is 40.4 Å². The van der Waals surface area contributed by atoms with E-state index in [1.54, 1.807) is 27.7 Å². The number of ketones is 1. The summed E-state index contributed by atoms with van der Waals surface area (Å²) < 4.78 is 5.12. The van der Waals surface area contributed by atoms with Gasteiger partial charge in [-0.2, -0.15) is 0 Å². The van der Waals surface area contributed by atoms with E-state index in [2.05, 4.69) is 5.32 Å². The van der Waals surface area contributed by atoms with Gasteiger partial charge in [-0.05, 0) is 25.0 Å². The van der Waals surface area contributed by atoms with Gasteiger partial charge in [0.2, 0.25) is 5.91 Å². The van der Waals surface area contributed by atoms with Crippen molar-refractivity contribution in [3.63, 3.8) is 0 Å². The Morgan fingerprint density at radius 1 is 1.08 bits per heavy atom. The lowest BCUT2D eigenvalue weighted by Gasteiger charge is -2.33. The Kier molecular flexibility index (Phi) is 10.5. The zero-order valence-electron chi connectivity index (χ0n) is 21.8. The number of ether oxygens (including phenoxy) is 1. The minimum atomic E-state index is -1.73. The molecule has 2 rings (SSSR count). The number of hydrogen-bond donors (Lipinski definition) is 2. The van der Waals surface area contributed by atoms with Crippen LogP contribution in [0.25, 0.3) is 0 Å². The number of para-hydroxylation sites is 1. The molecule has 1 amide bonds. The first kappa shape index (κ1) is 29.6. The first-order valence-electron chi connectivity index (χ1n) is 12.0. The highest BCUT2D eigenvalue weighted by Crippen LogP contribution is 2.30. The number of aliphatic hydroxyl groups excluding tert-OH is 1. The number of amides is 1. The molecule has 2 aromatic carbocycles. The highest BCUT2D eigenvalue weighted by atomic mass is 16.6. The number of carbonyl (C=O) groups is 3. The standard InChI is InChI=1S/C27H35N3O7/c1-6-37-26(34)23(24(32)19-14-10-11-15-21(19)30(35)36)29(5)25(33)20(16-18-12-8-7-9-13-18)28-17-22(31)27(2,3)4/h7-15,20,23-24,28,32H,6,16-17H2,1-5H3. The number of carbonyl (C=O) groups excluding carboxylic acids is 3. The number of Topliss-reactive ketones (excluding diaryl/α,β-unsaturated/α-hetero) is 1. The van der Waals surface area contributed by atoms with Gasteiger partial charge in [0.1, 0.15) is 6.10 Å². The monoisotopic (exact) mass is 513 g/mol. The molecule has 37 heavy (non-hydrogen) atoms. The normalized spacial score (nSPS) is 13.8. The molecule has 3 atom stereocenters. The molecule has 0 saturated heterocycles. The Balaban J connectivity index is 2.43. The minimum Gasteiger partial charge on any atom is -0.464 e. The van der Waals surface area contributed by atoms with E-state index in [1.807, 2.05) is 30.3 Å². The van der Waals surface area contributed by atoms with Crippen LogP contribution in [0.3, 0.4) is 0 Å². The van der Waals surface area contributed by atoms with Crippen molar-refractivity contribution in [1.82, 2.24) is 10.2 Å². The highest BCUT2D eigenvalue weighted by molar-refractivity contribution is 5.90. The molecule has 200 valence electrons. The van der Waals surface area contributed by atoms with E-state index in [1.165, 1.54) is 31.3 Å². The van der Waals surface area contributed by atoms with Crippen molar-refractivity contribution in [2.45, 2.75) is 52.3 Å². The fraction of sp³-hybridized carbons (Fsp3) is 0.444. The third-order valence-electron chi connectivity index (χ3n) is 5.97. The van der Waals surface area contributed by atoms with Gasteiger partial charge >= 0.3 is 5.97 Å². The molecular formula is C27H35N3O7. The van der Waals surface area contributed by atoms with Gasteiger partial charge < -0.3 is 14.7 Å². The van der Waals surface area contributed by atoms with Crippen LogP contribution in [-0.2, 0) is 25.5 Å². The van der Waals surface area contributed by atoms with Crippen molar-refractivity contribution in [3.8, 4) is 0 Å². The Bertz CT molecular complexity index is 1100. The van der Waals surface area contributed by atoms with Gasteiger partial charge in [0, 0.05) is 18.5 Å². The maximum absolute atomic E-state index is 13.7. The third kappa shape index (κ3) is 7.93. The quantitative estimate of drug-likeness (QED) is 0.251. The predicted molar refractivity (Wildman–Crippen MR) is 138 cm³/mol. The maximum atomic E-state index is 13.7. The zero-order valence-corrected chi connectivity index (χ0v) is 21.8. The Morgan fingerprint density at radius 2 is 1.68 bits per heavy atom. The van der Waals surface area contributed by atoms with Gasteiger partial charge in [-0.25, -0.2) is 4.79 Å². The molecule has 10 nitrogen and oxygen atoms in total. The molecule has 0 saturated carbocycles. The van der Waals surface area contributed by atoms with Crippen molar-refractivity contribution in [1.29, 1.82) is 0 Å². The molecule has 2 aromatic rings. The summed E-state index contributed by atoms with van der Waals surface area (Å²) in [4.78, 5) is 51.1. The van der Waals surface area contributed by atoms with E-state index in [4.69, 9.17) is 4.74 Å². The van der Waals surface area contributed by atoms with Crippen LogP contribution in [0, 0.1) is 15.5 Å². The van der Waals surface area contributed by atoms with Crippen LogP contribution in [0.4, 0.5) is 5.69 Å². The largest absolute Gasteiger partial charge is 0.464 e. The average molecular weight is 514 g/mol. The highest BCUT2D eigenvalue weighted by Gasteiger charge is 2.40. The van der Waals surface area contributed by atoms with E-state index in [0.717, 1.165) is 10.5 Å². The number of likely N-dealkylation sites (N-methyl/N-ethyl adjacent to an activating group) is 1. The van der Waals surface area contributed by atoms with Crippen LogP contribution in [-0.4, -0.2) is 64.9 Å². The molecular weight excluding hydrogens is 478 g/mol. The van der Waals surface area contributed by atoms with Gasteiger partial charge in [0.25, 0.3) is 5.69 Å². The SMILES string of the molecule is CCOC(=O)C(C(O)c1ccccc1[N+](=O)[O-])N(C)C(=O)C(Cc1ccccc1)NCC(=O)C(C)(C)C. The molecule has 2 N–H and O–H groups in total. The lowest BCUT2D eigenvalue weighted by Crippen LogP contribution is -2.55. The van der Waals surface area contributed by atoms with Crippen molar-refractivity contribution in [3.05, 3.63) is 75.8 Å². The van der Waals surface area contributed by atoms with Crippen LogP contribution in [0.1, 0.15) is 44.9 Å². The maximum Gasteiger partial charge on any atom is 0.331 e. The number of esters is 1. The Labute approximate surface area is 216 Å². The third-order valence-corrected chi connectivity index (χ3v) is 5.97. The van der Waals surface area contributed by atoms with Gasteiger partial charge in [0.15, 0.2) is 11.8 Å². The topological polar surface area (TPSA) is 139 Å². The van der Waals surface area contributed by atoms with Crippen LogP contribution < -0.4 is 5.32 Å². The number of rotatable bonds is 12. The van der Waals surface area contributed by atoms with E-state index in [-0.39, 0.29) is 36.6 Å². The van der Waals surface area contributed by atoms with Gasteiger partial charge in [-0.15, -0.1) is 0 Å². The first-order chi connectivity index (χ1) is 17.4. The summed E-state index contributed by atoms with van der Waals surface area (Å²) in [5.74, 6) is -1.60. The zero-order chi connectivity index (χ0) is 27.8. The summed E-state index contributed by atoms with van der Waals surface area (Å²) in [5.41, 5.74) is -0.327. The van der Waals surface area contributed by atoms with Crippen molar-refractivity contribution >= 4 is 23.3 Å². The number of aliphatic hydroxyl groups is 1. The van der Waals surface area contributed by atoms with Crippen LogP contribution >= 0.6 is 0 Å². The summed E-state index contributed by atoms with van der Waals surface area (Å²) in [6, 6.07) is 12.1. The molecule has 0 aliphatic heterocycles. The molecule has 0 radical (unpaired) electrons. The first-order valence-corrected chi connectivity index (χ1v) is 12.0. The Hall–Kier alpha value is -3.63. The number of nitro benzene ring substituents is 1. The molecule has 10 heteroatoms. The molecule has 0 aliphatic rings. The Morgan fingerprint density at radius 3 is 2.24 bits per heavy atom. The van der Waals surface area contributed by atoms with Crippen molar-refractivity contribution in [2.75, 3.05) is 20.2 Å². The second kappa shape index (κ2) is 13.1. The van der Waals surface area contributed by atoms with E-state index in [9.17, 15) is 29.6 Å². The minimum absolute atomic E-state index is 0.0211. The van der Waals surface area contributed by atoms with E-state index in [0.29, 0.717) is 0 Å². The van der Waals surface area contributed by atoms with Crippen LogP contribution in [0.2, 0.25) is 0 Å². The van der Waals surface area contributed by atoms with Crippen LogP contribution in [0.5, 0.6) is 0 Å². The summed E-state index contributed by atoms with van der Waals surface area (Å²) >= 11 is 0. The van der Waals surface area contributed by atoms with Gasteiger partial charge in [-0.3, -0.25) is 25.0 Å². The van der Waals surface area contributed by atoms with Crippen LogP contribution in [0.15, 0.2) is 54.6 Å². The number of nitrogens with one attached hydrogen (secondary N) is 1. The second-order valence-electron chi connectivity index (χ2n) is 9.70. The van der Waals surface area contributed by atoms with Crippen molar-refractivity contribution in [2.24, 2.45) is 5.41 Å². The number of nitrogens with zero attached hydrogens (tertiary/aromatic N) is 2. The smallest absolute Gasteiger partial charge is 0.331 e. The summed E-state index contributed by atoms with van der Waals surface area (Å²) in [5, 5.41) is 25.7. The van der Waals surface area contributed by atoms with E-state index >= 15 is 0 Å². The second-order valence-corrected chi connectivity index (χ2v) is 9.70. The molecule has 0 spiro atoms.